The van der Waals surface area contributed by atoms with Crippen LogP contribution in [0.1, 0.15) is 11.5 Å². The quantitative estimate of drug-likeness (QED) is 0.783. The first-order valence-electron chi connectivity index (χ1n) is 6.29. The van der Waals surface area contributed by atoms with E-state index < -0.39 is 10.0 Å². The number of aryl methyl sites for hydroxylation is 2. The van der Waals surface area contributed by atoms with Crippen LogP contribution in [0, 0.1) is 13.8 Å². The fourth-order valence-corrected chi connectivity index (χ4v) is 2.78. The number of nitrogens with one attached hydrogen (secondary N) is 1. The van der Waals surface area contributed by atoms with Gasteiger partial charge in [-0.1, -0.05) is 5.10 Å². The Morgan fingerprint density at radius 2 is 2.00 bits per heavy atom. The van der Waals surface area contributed by atoms with Crippen LogP contribution in [-0.4, -0.2) is 23.6 Å². The second-order valence-electron chi connectivity index (χ2n) is 4.53. The van der Waals surface area contributed by atoms with Crippen molar-refractivity contribution >= 4 is 16.0 Å². The molecule has 3 rings (SSSR count). The van der Waals surface area contributed by atoms with Gasteiger partial charge in [0, 0.05) is 12.4 Å². The SMILES string of the molecule is Cc1cc(-c2nnc(NS(=O)(=O)c3cccnc3)o2)c(C)o1. The second-order valence-corrected chi connectivity index (χ2v) is 6.22. The largest absolute Gasteiger partial charge is 0.466 e. The van der Waals surface area contributed by atoms with Crippen molar-refractivity contribution in [2.45, 2.75) is 18.7 Å². The molecule has 3 aromatic rings. The second kappa shape index (κ2) is 5.26. The van der Waals surface area contributed by atoms with E-state index >= 15 is 0 Å². The number of sulfonamides is 1. The Kier molecular flexibility index (Phi) is 3.41. The van der Waals surface area contributed by atoms with Crippen LogP contribution in [0.25, 0.3) is 11.5 Å². The lowest BCUT2D eigenvalue weighted by Crippen LogP contribution is -2.13. The molecule has 8 nitrogen and oxygen atoms in total. The van der Waals surface area contributed by atoms with E-state index in [9.17, 15) is 8.42 Å². The summed E-state index contributed by atoms with van der Waals surface area (Å²) >= 11 is 0. The molecule has 0 radical (unpaired) electrons. The van der Waals surface area contributed by atoms with E-state index in [-0.39, 0.29) is 16.8 Å². The molecular formula is C13H12N4O4S. The van der Waals surface area contributed by atoms with Crippen molar-refractivity contribution in [1.29, 1.82) is 0 Å². The van der Waals surface area contributed by atoms with Crippen molar-refractivity contribution in [2.24, 2.45) is 0 Å². The van der Waals surface area contributed by atoms with Crippen LogP contribution in [0.3, 0.4) is 0 Å². The maximum atomic E-state index is 12.1. The third kappa shape index (κ3) is 2.70. The minimum absolute atomic E-state index is 0.00471. The van der Waals surface area contributed by atoms with Gasteiger partial charge in [0.25, 0.3) is 15.9 Å². The number of nitrogens with zero attached hydrogens (tertiary/aromatic N) is 3. The first-order chi connectivity index (χ1) is 10.5. The highest BCUT2D eigenvalue weighted by Gasteiger charge is 2.20. The molecule has 0 aliphatic carbocycles. The van der Waals surface area contributed by atoms with E-state index in [2.05, 4.69) is 19.9 Å². The molecule has 0 aliphatic rings. The highest BCUT2D eigenvalue weighted by Crippen LogP contribution is 2.27. The van der Waals surface area contributed by atoms with Gasteiger partial charge in [0.2, 0.25) is 0 Å². The van der Waals surface area contributed by atoms with Gasteiger partial charge in [-0.2, -0.15) is 0 Å². The zero-order chi connectivity index (χ0) is 15.7. The topological polar surface area (TPSA) is 111 Å². The number of rotatable bonds is 4. The Bertz CT molecular complexity index is 899. The average Bonchev–Trinajstić information content (AvgIpc) is 3.05. The lowest BCUT2D eigenvalue weighted by molar-refractivity contribution is 0.503. The summed E-state index contributed by atoms with van der Waals surface area (Å²) in [4.78, 5) is 3.77. The Balaban J connectivity index is 1.88. The van der Waals surface area contributed by atoms with Crippen LogP contribution in [0.15, 0.2) is 44.3 Å². The number of aromatic nitrogens is 3. The van der Waals surface area contributed by atoms with Gasteiger partial charge in [-0.3, -0.25) is 4.98 Å². The average molecular weight is 320 g/mol. The van der Waals surface area contributed by atoms with E-state index in [1.165, 1.54) is 24.5 Å². The van der Waals surface area contributed by atoms with Gasteiger partial charge < -0.3 is 8.83 Å². The molecule has 0 unspecified atom stereocenters. The summed E-state index contributed by atoms with van der Waals surface area (Å²) < 4.78 is 37.2. The Morgan fingerprint density at radius 3 is 2.64 bits per heavy atom. The zero-order valence-corrected chi connectivity index (χ0v) is 12.6. The van der Waals surface area contributed by atoms with Crippen molar-refractivity contribution < 1.29 is 17.3 Å². The van der Waals surface area contributed by atoms with E-state index in [0.717, 1.165) is 0 Å². The molecule has 114 valence electrons. The molecule has 0 fully saturated rings. The molecule has 1 N–H and O–H groups in total. The summed E-state index contributed by atoms with van der Waals surface area (Å²) in [5.41, 5.74) is 0.622. The first kappa shape index (κ1) is 14.3. The van der Waals surface area contributed by atoms with E-state index in [4.69, 9.17) is 8.83 Å². The lowest BCUT2D eigenvalue weighted by atomic mass is 10.2. The molecule has 9 heteroatoms. The highest BCUT2D eigenvalue weighted by atomic mass is 32.2. The molecule has 22 heavy (non-hydrogen) atoms. The molecule has 0 saturated heterocycles. The highest BCUT2D eigenvalue weighted by molar-refractivity contribution is 7.92. The van der Waals surface area contributed by atoms with E-state index in [1.54, 1.807) is 19.9 Å². The number of pyridine rings is 1. The summed E-state index contributed by atoms with van der Waals surface area (Å²) in [5, 5.41) is 7.50. The third-order valence-electron chi connectivity index (χ3n) is 2.86. The summed E-state index contributed by atoms with van der Waals surface area (Å²) in [6.07, 6.45) is 2.71. The van der Waals surface area contributed by atoms with Gasteiger partial charge in [-0.05, 0) is 32.0 Å². The molecular weight excluding hydrogens is 308 g/mol. The van der Waals surface area contributed by atoms with E-state index in [0.29, 0.717) is 17.1 Å². The fourth-order valence-electron chi connectivity index (χ4n) is 1.90. The van der Waals surface area contributed by atoms with Crippen molar-refractivity contribution in [3.05, 3.63) is 42.1 Å². The summed E-state index contributed by atoms with van der Waals surface area (Å²) in [7, 11) is -3.82. The Hall–Kier alpha value is -2.68. The monoisotopic (exact) mass is 320 g/mol. The predicted octanol–water partition coefficient (Wildman–Crippen LogP) is 2.14. The standard InChI is InChI=1S/C13H12N4O4S/c1-8-6-11(9(2)20-8)12-15-16-13(21-12)17-22(18,19)10-4-3-5-14-7-10/h3-7H,1-2H3,(H,16,17). The van der Waals surface area contributed by atoms with E-state index in [1.807, 2.05) is 0 Å². The van der Waals surface area contributed by atoms with Gasteiger partial charge in [-0.25, -0.2) is 13.1 Å². The van der Waals surface area contributed by atoms with Crippen LogP contribution >= 0.6 is 0 Å². The molecule has 0 saturated carbocycles. The lowest BCUT2D eigenvalue weighted by Gasteiger charge is -2.02. The van der Waals surface area contributed by atoms with Gasteiger partial charge in [-0.15, -0.1) is 5.10 Å². The smallest absolute Gasteiger partial charge is 0.330 e. The molecule has 0 atom stereocenters. The predicted molar refractivity (Wildman–Crippen MR) is 76.5 cm³/mol. The Morgan fingerprint density at radius 1 is 1.18 bits per heavy atom. The summed E-state index contributed by atoms with van der Waals surface area (Å²) in [6, 6.07) is 4.45. The summed E-state index contributed by atoms with van der Waals surface area (Å²) in [6.45, 7) is 3.55. The Labute approximate surface area is 126 Å². The molecule has 3 heterocycles. The van der Waals surface area contributed by atoms with Crippen LogP contribution < -0.4 is 4.72 Å². The minimum Gasteiger partial charge on any atom is -0.466 e. The van der Waals surface area contributed by atoms with Gasteiger partial charge in [0.05, 0.1) is 5.56 Å². The maximum absolute atomic E-state index is 12.1. The van der Waals surface area contributed by atoms with Gasteiger partial charge >= 0.3 is 6.01 Å². The van der Waals surface area contributed by atoms with Crippen LogP contribution in [0.5, 0.6) is 0 Å². The molecule has 0 aromatic carbocycles. The fraction of sp³-hybridized carbons (Fsp3) is 0.154. The van der Waals surface area contributed by atoms with Crippen molar-refractivity contribution in [3.8, 4) is 11.5 Å². The minimum atomic E-state index is -3.82. The number of furan rings is 1. The number of hydrogen-bond acceptors (Lipinski definition) is 7. The van der Waals surface area contributed by atoms with Crippen molar-refractivity contribution in [2.75, 3.05) is 4.72 Å². The van der Waals surface area contributed by atoms with Crippen LogP contribution in [-0.2, 0) is 10.0 Å². The van der Waals surface area contributed by atoms with Crippen LogP contribution in [0.4, 0.5) is 6.01 Å². The van der Waals surface area contributed by atoms with Crippen LogP contribution in [0.2, 0.25) is 0 Å². The molecule has 3 aromatic heterocycles. The maximum Gasteiger partial charge on any atom is 0.330 e. The number of hydrogen-bond donors (Lipinski definition) is 1. The third-order valence-corrected chi connectivity index (χ3v) is 4.17. The van der Waals surface area contributed by atoms with Gasteiger partial charge in [0.15, 0.2) is 0 Å². The number of anilines is 1. The van der Waals surface area contributed by atoms with Gasteiger partial charge in [0.1, 0.15) is 16.4 Å². The first-order valence-corrected chi connectivity index (χ1v) is 7.78. The summed E-state index contributed by atoms with van der Waals surface area (Å²) in [5.74, 6) is 1.49. The normalized spacial score (nSPS) is 11.5. The van der Waals surface area contributed by atoms with Crippen molar-refractivity contribution in [1.82, 2.24) is 15.2 Å². The molecule has 0 amide bonds. The van der Waals surface area contributed by atoms with Crippen molar-refractivity contribution in [3.63, 3.8) is 0 Å². The zero-order valence-electron chi connectivity index (χ0n) is 11.8. The molecule has 0 spiro atoms. The molecule has 0 bridgehead atoms. The molecule has 0 aliphatic heterocycles.